The van der Waals surface area contributed by atoms with E-state index in [-0.39, 0.29) is 10.6 Å². The molecule has 2 aromatic rings. The Morgan fingerprint density at radius 2 is 1.67 bits per heavy atom. The van der Waals surface area contributed by atoms with Gasteiger partial charge in [0.05, 0.1) is 10.6 Å². The Bertz CT molecular complexity index is 827. The number of fused-ring (bicyclic) bond motifs is 1. The Morgan fingerprint density at radius 3 is 2.43 bits per heavy atom. The zero-order valence-corrected chi connectivity index (χ0v) is 11.7. The van der Waals surface area contributed by atoms with Crippen molar-refractivity contribution in [2.75, 3.05) is 5.32 Å². The molecule has 0 aliphatic carbocycles. The normalized spacial score (nSPS) is 17.0. The van der Waals surface area contributed by atoms with E-state index >= 15 is 0 Å². The number of rotatable bonds is 2. The Labute approximate surface area is 122 Å². The molecule has 0 spiro atoms. The average Bonchev–Trinajstić information content (AvgIpc) is 2.72. The first-order valence-electron chi connectivity index (χ1n) is 6.26. The Balaban J connectivity index is 1.90. The SMILES string of the molecule is O=C(C=C1NS(=O)(=O)c2ccccc21)Nc1ccccc1. The van der Waals surface area contributed by atoms with Crippen molar-refractivity contribution in [3.8, 4) is 0 Å². The van der Waals surface area contributed by atoms with Crippen LogP contribution in [0.4, 0.5) is 5.69 Å². The van der Waals surface area contributed by atoms with Gasteiger partial charge in [-0.15, -0.1) is 0 Å². The maximum atomic E-state index is 12.0. The number of carbonyl (C=O) groups excluding carboxylic acids is 1. The lowest BCUT2D eigenvalue weighted by atomic mass is 10.1. The summed E-state index contributed by atoms with van der Waals surface area (Å²) < 4.78 is 26.2. The maximum absolute atomic E-state index is 12.0. The second kappa shape index (κ2) is 5.06. The summed E-state index contributed by atoms with van der Waals surface area (Å²) in [5.41, 5.74) is 1.42. The van der Waals surface area contributed by atoms with Crippen LogP contribution in [-0.2, 0) is 14.8 Å². The van der Waals surface area contributed by atoms with Gasteiger partial charge in [0.2, 0.25) is 5.91 Å². The molecule has 2 aromatic carbocycles. The van der Waals surface area contributed by atoms with Crippen molar-refractivity contribution >= 4 is 27.3 Å². The van der Waals surface area contributed by atoms with Crippen molar-refractivity contribution < 1.29 is 13.2 Å². The van der Waals surface area contributed by atoms with E-state index in [1.165, 1.54) is 12.1 Å². The number of anilines is 1. The topological polar surface area (TPSA) is 75.3 Å². The van der Waals surface area contributed by atoms with Gasteiger partial charge >= 0.3 is 0 Å². The summed E-state index contributed by atoms with van der Waals surface area (Å²) in [7, 11) is -3.57. The Kier molecular flexibility index (Phi) is 3.23. The number of sulfonamides is 1. The number of nitrogens with one attached hydrogen (secondary N) is 2. The van der Waals surface area contributed by atoms with Gasteiger partial charge in [-0.1, -0.05) is 36.4 Å². The third-order valence-corrected chi connectivity index (χ3v) is 4.45. The second-order valence-corrected chi connectivity index (χ2v) is 6.17. The lowest BCUT2D eigenvalue weighted by Crippen LogP contribution is -2.16. The molecule has 21 heavy (non-hydrogen) atoms. The predicted octanol–water partition coefficient (Wildman–Crippen LogP) is 1.96. The number of para-hydroxylation sites is 1. The fourth-order valence-corrected chi connectivity index (χ4v) is 3.41. The molecule has 0 saturated heterocycles. The summed E-state index contributed by atoms with van der Waals surface area (Å²) in [6.45, 7) is 0. The summed E-state index contributed by atoms with van der Waals surface area (Å²) in [6.07, 6.45) is 1.25. The monoisotopic (exact) mass is 300 g/mol. The van der Waals surface area contributed by atoms with Gasteiger partial charge in [-0.3, -0.25) is 9.52 Å². The minimum Gasteiger partial charge on any atom is -0.322 e. The Morgan fingerprint density at radius 1 is 1.00 bits per heavy atom. The van der Waals surface area contributed by atoms with Crippen molar-refractivity contribution in [1.82, 2.24) is 4.72 Å². The highest BCUT2D eigenvalue weighted by Gasteiger charge is 2.29. The van der Waals surface area contributed by atoms with Crippen LogP contribution in [0, 0.1) is 0 Å². The largest absolute Gasteiger partial charge is 0.322 e. The van der Waals surface area contributed by atoms with E-state index < -0.39 is 15.9 Å². The summed E-state index contributed by atoms with van der Waals surface area (Å²) in [6, 6.07) is 15.5. The van der Waals surface area contributed by atoms with Crippen LogP contribution < -0.4 is 10.0 Å². The molecular formula is C15H12N2O3S. The number of benzene rings is 2. The van der Waals surface area contributed by atoms with Crippen LogP contribution in [0.2, 0.25) is 0 Å². The molecule has 3 rings (SSSR count). The minimum atomic E-state index is -3.57. The molecule has 0 radical (unpaired) electrons. The van der Waals surface area contributed by atoms with Crippen LogP contribution in [0.15, 0.2) is 65.6 Å². The quantitative estimate of drug-likeness (QED) is 0.833. The second-order valence-electron chi connectivity index (χ2n) is 4.51. The smallest absolute Gasteiger partial charge is 0.262 e. The molecular weight excluding hydrogens is 288 g/mol. The Hall–Kier alpha value is -2.60. The van der Waals surface area contributed by atoms with Gasteiger partial charge in [0, 0.05) is 17.3 Å². The van der Waals surface area contributed by atoms with Gasteiger partial charge in [0.25, 0.3) is 10.0 Å². The molecule has 5 nitrogen and oxygen atoms in total. The van der Waals surface area contributed by atoms with E-state index in [2.05, 4.69) is 10.0 Å². The fourth-order valence-electron chi connectivity index (χ4n) is 2.12. The molecule has 0 bridgehead atoms. The maximum Gasteiger partial charge on any atom is 0.262 e. The highest BCUT2D eigenvalue weighted by Crippen LogP contribution is 2.29. The first-order valence-corrected chi connectivity index (χ1v) is 7.74. The van der Waals surface area contributed by atoms with Crippen LogP contribution >= 0.6 is 0 Å². The summed E-state index contributed by atoms with van der Waals surface area (Å²) in [5, 5.41) is 2.68. The van der Waals surface area contributed by atoms with E-state index in [9.17, 15) is 13.2 Å². The lowest BCUT2D eigenvalue weighted by Gasteiger charge is -2.03. The minimum absolute atomic E-state index is 0.184. The summed E-state index contributed by atoms with van der Waals surface area (Å²) in [5.74, 6) is -0.393. The molecule has 106 valence electrons. The first-order chi connectivity index (χ1) is 10.1. The van der Waals surface area contributed by atoms with Crippen LogP contribution in [-0.4, -0.2) is 14.3 Å². The van der Waals surface area contributed by atoms with Crippen molar-refractivity contribution in [3.05, 3.63) is 66.2 Å². The van der Waals surface area contributed by atoms with Crippen LogP contribution in [0.3, 0.4) is 0 Å². The fraction of sp³-hybridized carbons (Fsp3) is 0. The summed E-state index contributed by atoms with van der Waals surface area (Å²) in [4.78, 5) is 12.2. The summed E-state index contributed by atoms with van der Waals surface area (Å²) >= 11 is 0. The molecule has 0 saturated carbocycles. The third-order valence-electron chi connectivity index (χ3n) is 3.03. The number of hydrogen-bond donors (Lipinski definition) is 2. The molecule has 1 heterocycles. The number of carbonyl (C=O) groups is 1. The van der Waals surface area contributed by atoms with E-state index in [4.69, 9.17) is 0 Å². The molecule has 2 N–H and O–H groups in total. The highest BCUT2D eigenvalue weighted by molar-refractivity contribution is 7.90. The van der Waals surface area contributed by atoms with Crippen molar-refractivity contribution in [2.45, 2.75) is 4.90 Å². The molecule has 0 fully saturated rings. The predicted molar refractivity (Wildman–Crippen MR) is 79.8 cm³/mol. The third kappa shape index (κ3) is 2.66. The van der Waals surface area contributed by atoms with Crippen LogP contribution in [0.25, 0.3) is 5.70 Å². The van der Waals surface area contributed by atoms with Crippen molar-refractivity contribution in [3.63, 3.8) is 0 Å². The van der Waals surface area contributed by atoms with Gasteiger partial charge in [0.15, 0.2) is 0 Å². The van der Waals surface area contributed by atoms with E-state index in [1.807, 2.05) is 6.07 Å². The zero-order valence-electron chi connectivity index (χ0n) is 10.9. The van der Waals surface area contributed by atoms with Crippen LogP contribution in [0.1, 0.15) is 5.56 Å². The van der Waals surface area contributed by atoms with E-state index in [1.54, 1.807) is 42.5 Å². The van der Waals surface area contributed by atoms with Crippen molar-refractivity contribution in [1.29, 1.82) is 0 Å². The molecule has 1 amide bonds. The molecule has 6 heteroatoms. The molecule has 0 unspecified atom stereocenters. The van der Waals surface area contributed by atoms with Gasteiger partial charge < -0.3 is 5.32 Å². The highest BCUT2D eigenvalue weighted by atomic mass is 32.2. The van der Waals surface area contributed by atoms with E-state index in [0.29, 0.717) is 11.3 Å². The van der Waals surface area contributed by atoms with Gasteiger partial charge in [0.1, 0.15) is 0 Å². The van der Waals surface area contributed by atoms with Gasteiger partial charge in [-0.2, -0.15) is 0 Å². The van der Waals surface area contributed by atoms with Crippen LogP contribution in [0.5, 0.6) is 0 Å². The van der Waals surface area contributed by atoms with Crippen molar-refractivity contribution in [2.24, 2.45) is 0 Å². The lowest BCUT2D eigenvalue weighted by molar-refractivity contribution is -0.111. The van der Waals surface area contributed by atoms with E-state index in [0.717, 1.165) is 0 Å². The molecule has 0 aromatic heterocycles. The first kappa shape index (κ1) is 13.4. The zero-order chi connectivity index (χ0) is 14.9. The molecule has 0 atom stereocenters. The number of hydrogen-bond acceptors (Lipinski definition) is 3. The average molecular weight is 300 g/mol. The molecule has 1 aliphatic rings. The standard InChI is InChI=1S/C15H12N2O3S/c18-15(16-11-6-2-1-3-7-11)10-13-12-8-4-5-9-14(12)21(19,20)17-13/h1-10,17H,(H,16,18). The number of amides is 1. The van der Waals surface area contributed by atoms with Gasteiger partial charge in [-0.05, 0) is 18.2 Å². The molecule has 1 aliphatic heterocycles. The van der Waals surface area contributed by atoms with Gasteiger partial charge in [-0.25, -0.2) is 8.42 Å².